The Labute approximate surface area is 130 Å². The molecule has 2 N–H and O–H groups in total. The van der Waals surface area contributed by atoms with Crippen LogP contribution in [0.5, 0.6) is 5.75 Å². The zero-order valence-corrected chi connectivity index (χ0v) is 12.1. The molecule has 2 aromatic rings. The summed E-state index contributed by atoms with van der Waals surface area (Å²) in [5, 5.41) is 17.8. The van der Waals surface area contributed by atoms with Gasteiger partial charge in [0, 0.05) is 5.56 Å². The van der Waals surface area contributed by atoms with Gasteiger partial charge in [-0.2, -0.15) is 0 Å². The van der Waals surface area contributed by atoms with Crippen LogP contribution in [0, 0.1) is 11.2 Å². The van der Waals surface area contributed by atoms with Gasteiger partial charge in [0.2, 0.25) is 0 Å². The molecule has 0 bridgehead atoms. The normalized spacial score (nSPS) is 16.6. The number of carbonyl (C=O) groups excluding carboxylic acids is 1. The molecule has 0 radical (unpaired) electrons. The van der Waals surface area contributed by atoms with Gasteiger partial charge in [-0.1, -0.05) is 18.2 Å². The van der Waals surface area contributed by atoms with Gasteiger partial charge in [0.15, 0.2) is 5.17 Å². The van der Waals surface area contributed by atoms with Crippen molar-refractivity contribution in [1.82, 2.24) is 0 Å². The number of halogens is 1. The molecule has 1 aliphatic heterocycles. The van der Waals surface area contributed by atoms with E-state index in [4.69, 9.17) is 5.41 Å². The fourth-order valence-electron chi connectivity index (χ4n) is 2.06. The van der Waals surface area contributed by atoms with Crippen LogP contribution in [-0.2, 0) is 4.79 Å². The van der Waals surface area contributed by atoms with Gasteiger partial charge in [-0.15, -0.1) is 0 Å². The predicted octanol–water partition coefficient (Wildman–Crippen LogP) is 3.59. The summed E-state index contributed by atoms with van der Waals surface area (Å²) in [7, 11) is 0. The van der Waals surface area contributed by atoms with Crippen molar-refractivity contribution >= 4 is 34.6 Å². The number of thioether (sulfide) groups is 1. The van der Waals surface area contributed by atoms with E-state index in [1.807, 2.05) is 0 Å². The zero-order chi connectivity index (χ0) is 15.7. The number of anilines is 1. The lowest BCUT2D eigenvalue weighted by atomic mass is 10.2. The smallest absolute Gasteiger partial charge is 0.271 e. The van der Waals surface area contributed by atoms with E-state index in [0.717, 1.165) is 11.8 Å². The van der Waals surface area contributed by atoms with E-state index in [0.29, 0.717) is 16.2 Å². The molecule has 110 valence electrons. The number of phenols is 1. The average Bonchev–Trinajstić information content (AvgIpc) is 2.77. The van der Waals surface area contributed by atoms with E-state index in [2.05, 4.69) is 0 Å². The van der Waals surface area contributed by atoms with Gasteiger partial charge < -0.3 is 5.11 Å². The topological polar surface area (TPSA) is 64.4 Å². The van der Waals surface area contributed by atoms with E-state index >= 15 is 0 Å². The number of amides is 1. The summed E-state index contributed by atoms with van der Waals surface area (Å²) in [5.74, 6) is -0.709. The van der Waals surface area contributed by atoms with Crippen molar-refractivity contribution in [2.45, 2.75) is 0 Å². The van der Waals surface area contributed by atoms with Crippen LogP contribution in [0.1, 0.15) is 5.56 Å². The van der Waals surface area contributed by atoms with Crippen molar-refractivity contribution < 1.29 is 14.3 Å². The number of para-hydroxylation sites is 1. The van der Waals surface area contributed by atoms with Gasteiger partial charge in [-0.05, 0) is 48.2 Å². The molecule has 0 unspecified atom stereocenters. The van der Waals surface area contributed by atoms with Gasteiger partial charge in [0.05, 0.1) is 10.6 Å². The van der Waals surface area contributed by atoms with Crippen LogP contribution < -0.4 is 4.90 Å². The molecular formula is C16H11FN2O2S. The number of amidine groups is 1. The van der Waals surface area contributed by atoms with Gasteiger partial charge >= 0.3 is 0 Å². The number of aromatic hydroxyl groups is 1. The molecule has 22 heavy (non-hydrogen) atoms. The molecule has 1 amide bonds. The number of rotatable bonds is 2. The van der Waals surface area contributed by atoms with E-state index in [1.54, 1.807) is 24.3 Å². The summed E-state index contributed by atoms with van der Waals surface area (Å²) in [6, 6.07) is 12.0. The number of phenolic OH excluding ortho intramolecular Hbond substituents is 1. The molecule has 1 saturated heterocycles. The van der Waals surface area contributed by atoms with E-state index in [-0.39, 0.29) is 16.8 Å². The Balaban J connectivity index is 1.95. The molecule has 0 spiro atoms. The van der Waals surface area contributed by atoms with E-state index in [1.165, 1.54) is 35.2 Å². The molecule has 4 nitrogen and oxygen atoms in total. The lowest BCUT2D eigenvalue weighted by Crippen LogP contribution is -2.28. The van der Waals surface area contributed by atoms with Crippen LogP contribution >= 0.6 is 11.8 Å². The molecule has 2 aromatic carbocycles. The number of nitrogens with one attached hydrogen (secondary N) is 1. The maximum absolute atomic E-state index is 13.0. The third kappa shape index (κ3) is 2.60. The molecule has 0 atom stereocenters. The van der Waals surface area contributed by atoms with Crippen molar-refractivity contribution in [3.63, 3.8) is 0 Å². The SMILES string of the molecule is N=C1S/C(=C\c2ccccc2O)C(=O)N1c1ccc(F)cc1. The number of hydrogen-bond acceptors (Lipinski definition) is 4. The Hall–Kier alpha value is -2.60. The highest BCUT2D eigenvalue weighted by Crippen LogP contribution is 2.36. The summed E-state index contributed by atoms with van der Waals surface area (Å²) in [5.41, 5.74) is 0.941. The molecule has 0 aromatic heterocycles. The molecule has 1 heterocycles. The summed E-state index contributed by atoms with van der Waals surface area (Å²) in [6.07, 6.45) is 1.54. The highest BCUT2D eigenvalue weighted by atomic mass is 32.2. The number of hydrogen-bond donors (Lipinski definition) is 2. The van der Waals surface area contributed by atoms with Crippen LogP contribution in [-0.4, -0.2) is 16.2 Å². The largest absolute Gasteiger partial charge is 0.507 e. The van der Waals surface area contributed by atoms with Gasteiger partial charge in [-0.25, -0.2) is 4.39 Å². The minimum atomic E-state index is -0.403. The Kier molecular flexibility index (Phi) is 3.68. The molecule has 6 heteroatoms. The summed E-state index contributed by atoms with van der Waals surface area (Å²) in [4.78, 5) is 14.0. The molecule has 0 aliphatic carbocycles. The Bertz CT molecular complexity index is 787. The standard InChI is InChI=1S/C16H11FN2O2S/c17-11-5-7-12(8-6-11)19-15(21)14(22-16(19)18)9-10-3-1-2-4-13(10)20/h1-9,18,20H/b14-9-,18-16?. The summed E-state index contributed by atoms with van der Waals surface area (Å²) in [6.45, 7) is 0. The zero-order valence-electron chi connectivity index (χ0n) is 11.3. The minimum Gasteiger partial charge on any atom is -0.507 e. The van der Waals surface area contributed by atoms with Crippen molar-refractivity contribution in [2.24, 2.45) is 0 Å². The Morgan fingerprint density at radius 2 is 1.82 bits per heavy atom. The van der Waals surface area contributed by atoms with Crippen molar-refractivity contribution in [3.8, 4) is 5.75 Å². The van der Waals surface area contributed by atoms with Crippen molar-refractivity contribution in [1.29, 1.82) is 5.41 Å². The second-order valence-corrected chi connectivity index (χ2v) is 5.62. The van der Waals surface area contributed by atoms with Gasteiger partial charge in [0.25, 0.3) is 5.91 Å². The number of benzene rings is 2. The minimum absolute atomic E-state index is 0.0401. The van der Waals surface area contributed by atoms with Crippen LogP contribution in [0.25, 0.3) is 6.08 Å². The Morgan fingerprint density at radius 1 is 1.14 bits per heavy atom. The highest BCUT2D eigenvalue weighted by Gasteiger charge is 2.33. The van der Waals surface area contributed by atoms with Crippen molar-refractivity contribution in [2.75, 3.05) is 4.90 Å². The highest BCUT2D eigenvalue weighted by molar-refractivity contribution is 8.19. The van der Waals surface area contributed by atoms with Crippen LogP contribution in [0.4, 0.5) is 10.1 Å². The predicted molar refractivity (Wildman–Crippen MR) is 85.3 cm³/mol. The second kappa shape index (κ2) is 5.65. The first-order chi connectivity index (χ1) is 10.6. The number of carbonyl (C=O) groups is 1. The maximum Gasteiger partial charge on any atom is 0.271 e. The van der Waals surface area contributed by atoms with E-state index in [9.17, 15) is 14.3 Å². The molecular weight excluding hydrogens is 303 g/mol. The fraction of sp³-hybridized carbons (Fsp3) is 0. The average molecular weight is 314 g/mol. The number of nitrogens with zero attached hydrogens (tertiary/aromatic N) is 1. The van der Waals surface area contributed by atoms with Crippen LogP contribution in [0.15, 0.2) is 53.4 Å². The van der Waals surface area contributed by atoms with Gasteiger partial charge in [-0.3, -0.25) is 15.1 Å². The molecule has 0 saturated carbocycles. The first-order valence-corrected chi connectivity index (χ1v) is 7.24. The second-order valence-electron chi connectivity index (χ2n) is 4.59. The Morgan fingerprint density at radius 3 is 2.50 bits per heavy atom. The lowest BCUT2D eigenvalue weighted by molar-refractivity contribution is -0.113. The molecule has 1 aliphatic rings. The molecule has 1 fully saturated rings. The van der Waals surface area contributed by atoms with Crippen LogP contribution in [0.2, 0.25) is 0 Å². The molecule has 3 rings (SSSR count). The first kappa shape index (κ1) is 14.3. The summed E-state index contributed by atoms with van der Waals surface area (Å²) < 4.78 is 13.0. The monoisotopic (exact) mass is 314 g/mol. The lowest BCUT2D eigenvalue weighted by Gasteiger charge is -2.13. The fourth-order valence-corrected chi connectivity index (χ4v) is 2.91. The quantitative estimate of drug-likeness (QED) is 0.833. The third-order valence-corrected chi connectivity index (χ3v) is 4.02. The van der Waals surface area contributed by atoms with E-state index < -0.39 is 5.82 Å². The van der Waals surface area contributed by atoms with Gasteiger partial charge in [0.1, 0.15) is 11.6 Å². The van der Waals surface area contributed by atoms with Crippen LogP contribution in [0.3, 0.4) is 0 Å². The third-order valence-electron chi connectivity index (χ3n) is 3.13. The summed E-state index contributed by atoms with van der Waals surface area (Å²) >= 11 is 1.00. The van der Waals surface area contributed by atoms with Crippen molar-refractivity contribution in [3.05, 3.63) is 64.8 Å². The first-order valence-electron chi connectivity index (χ1n) is 6.42. The maximum atomic E-state index is 13.0.